The molecule has 0 aliphatic carbocycles. The lowest BCUT2D eigenvalue weighted by Gasteiger charge is -2.04. The van der Waals surface area contributed by atoms with E-state index in [2.05, 4.69) is 20.6 Å². The molecular formula is C18H13ClN6O. The van der Waals surface area contributed by atoms with Crippen molar-refractivity contribution in [2.24, 2.45) is 0 Å². The zero-order valence-corrected chi connectivity index (χ0v) is 14.2. The maximum atomic E-state index is 12.7. The van der Waals surface area contributed by atoms with Gasteiger partial charge >= 0.3 is 0 Å². The van der Waals surface area contributed by atoms with Crippen LogP contribution in [0.15, 0.2) is 73.4 Å². The number of para-hydroxylation sites is 1. The van der Waals surface area contributed by atoms with E-state index in [0.29, 0.717) is 16.3 Å². The van der Waals surface area contributed by atoms with E-state index < -0.39 is 0 Å². The largest absolute Gasteiger partial charge is 0.275 e. The van der Waals surface area contributed by atoms with Gasteiger partial charge in [-0.05, 0) is 24.3 Å². The van der Waals surface area contributed by atoms with E-state index in [0.717, 1.165) is 11.3 Å². The van der Waals surface area contributed by atoms with E-state index in [1.165, 1.54) is 17.4 Å². The standard InChI is InChI=1S/C18H13ClN6O/c19-14-8-6-13(7-9-14)17-16(18(26)23-25-12-20-11-21-25)10-24(22-17)15-4-2-1-3-5-15/h1-12H,(H,23,26). The van der Waals surface area contributed by atoms with Crippen molar-refractivity contribution >= 4 is 17.5 Å². The summed E-state index contributed by atoms with van der Waals surface area (Å²) in [5.74, 6) is -0.345. The molecule has 0 aliphatic rings. The van der Waals surface area contributed by atoms with Crippen LogP contribution in [-0.2, 0) is 0 Å². The first kappa shape index (κ1) is 16.0. The number of carbonyl (C=O) groups is 1. The molecule has 0 unspecified atom stereocenters. The van der Waals surface area contributed by atoms with Gasteiger partial charge in [-0.3, -0.25) is 4.79 Å². The Kier molecular flexibility index (Phi) is 4.20. The molecule has 0 saturated heterocycles. The number of hydrogen-bond donors (Lipinski definition) is 1. The number of nitrogens with one attached hydrogen (secondary N) is 1. The van der Waals surface area contributed by atoms with Crippen LogP contribution in [0, 0.1) is 0 Å². The van der Waals surface area contributed by atoms with Gasteiger partial charge in [0.25, 0.3) is 5.91 Å². The zero-order chi connectivity index (χ0) is 17.9. The lowest BCUT2D eigenvalue weighted by atomic mass is 10.1. The number of aromatic nitrogens is 5. The number of nitrogens with zero attached hydrogens (tertiary/aromatic N) is 5. The highest BCUT2D eigenvalue weighted by Crippen LogP contribution is 2.25. The summed E-state index contributed by atoms with van der Waals surface area (Å²) in [6.07, 6.45) is 4.43. The minimum Gasteiger partial charge on any atom is -0.267 e. The molecule has 2 aromatic carbocycles. The number of rotatable bonds is 4. The number of amides is 1. The van der Waals surface area contributed by atoms with Gasteiger partial charge in [-0.2, -0.15) is 9.89 Å². The fourth-order valence-electron chi connectivity index (χ4n) is 2.50. The molecule has 4 aromatic rings. The molecule has 1 N–H and O–H groups in total. The number of hydrogen-bond acceptors (Lipinski definition) is 4. The van der Waals surface area contributed by atoms with E-state index >= 15 is 0 Å². The van der Waals surface area contributed by atoms with E-state index in [4.69, 9.17) is 11.6 Å². The molecule has 0 atom stereocenters. The van der Waals surface area contributed by atoms with Crippen molar-refractivity contribution in [3.05, 3.63) is 84.0 Å². The second kappa shape index (κ2) is 6.81. The first-order valence-electron chi connectivity index (χ1n) is 7.78. The van der Waals surface area contributed by atoms with Gasteiger partial charge in [-0.15, -0.1) is 5.10 Å². The first-order chi connectivity index (χ1) is 12.7. The van der Waals surface area contributed by atoms with Gasteiger partial charge in [-0.1, -0.05) is 41.9 Å². The number of carbonyl (C=O) groups excluding carboxylic acids is 1. The Labute approximate surface area is 153 Å². The minimum absolute atomic E-state index is 0.345. The van der Waals surface area contributed by atoms with Crippen LogP contribution in [0.1, 0.15) is 10.4 Å². The highest BCUT2D eigenvalue weighted by molar-refractivity contribution is 6.30. The normalized spacial score (nSPS) is 10.7. The third-order valence-corrected chi connectivity index (χ3v) is 3.98. The maximum Gasteiger partial charge on any atom is 0.275 e. The van der Waals surface area contributed by atoms with Crippen molar-refractivity contribution in [3.63, 3.8) is 0 Å². The Hall–Kier alpha value is -3.45. The molecule has 2 heterocycles. The van der Waals surface area contributed by atoms with Crippen molar-refractivity contribution in [3.8, 4) is 16.9 Å². The molecule has 1 amide bonds. The van der Waals surface area contributed by atoms with Crippen molar-refractivity contribution in [2.75, 3.05) is 5.43 Å². The van der Waals surface area contributed by atoms with Gasteiger partial charge in [-0.25, -0.2) is 15.1 Å². The van der Waals surface area contributed by atoms with Crippen molar-refractivity contribution in [1.82, 2.24) is 24.7 Å². The van der Waals surface area contributed by atoms with Gasteiger partial charge in [0.15, 0.2) is 0 Å². The molecule has 0 radical (unpaired) electrons. The van der Waals surface area contributed by atoms with Crippen LogP contribution >= 0.6 is 11.6 Å². The summed E-state index contributed by atoms with van der Waals surface area (Å²) in [5.41, 5.74) is 5.24. The maximum absolute atomic E-state index is 12.7. The van der Waals surface area contributed by atoms with Gasteiger partial charge < -0.3 is 0 Å². The second-order valence-corrected chi connectivity index (χ2v) is 5.90. The molecule has 4 rings (SSSR count). The quantitative estimate of drug-likeness (QED) is 0.603. The fourth-order valence-corrected chi connectivity index (χ4v) is 2.63. The highest BCUT2D eigenvalue weighted by atomic mass is 35.5. The molecule has 0 saturated carbocycles. The summed E-state index contributed by atoms with van der Waals surface area (Å²) in [4.78, 5) is 17.8. The molecule has 0 aliphatic heterocycles. The molecule has 7 nitrogen and oxygen atoms in total. The molecule has 2 aromatic heterocycles. The Morgan fingerprint density at radius 1 is 1.04 bits per heavy atom. The van der Waals surface area contributed by atoms with Gasteiger partial charge in [0.1, 0.15) is 18.3 Å². The molecule has 0 fully saturated rings. The van der Waals surface area contributed by atoms with E-state index in [9.17, 15) is 4.79 Å². The zero-order valence-electron chi connectivity index (χ0n) is 13.5. The summed E-state index contributed by atoms with van der Waals surface area (Å²) in [7, 11) is 0. The Bertz CT molecular complexity index is 1030. The first-order valence-corrected chi connectivity index (χ1v) is 8.15. The van der Waals surface area contributed by atoms with Crippen LogP contribution in [0.25, 0.3) is 16.9 Å². The van der Waals surface area contributed by atoms with Crippen LogP contribution in [0.2, 0.25) is 5.02 Å². The van der Waals surface area contributed by atoms with Crippen molar-refractivity contribution in [2.45, 2.75) is 0 Å². The SMILES string of the molecule is O=C(Nn1cncn1)c1cn(-c2ccccc2)nc1-c1ccc(Cl)cc1. The fraction of sp³-hybridized carbons (Fsp3) is 0. The molecule has 8 heteroatoms. The van der Waals surface area contributed by atoms with Gasteiger partial charge in [0, 0.05) is 16.8 Å². The summed E-state index contributed by atoms with van der Waals surface area (Å²) < 4.78 is 1.67. The average molecular weight is 365 g/mol. The van der Waals surface area contributed by atoms with Crippen LogP contribution in [0.3, 0.4) is 0 Å². The molecule has 0 bridgehead atoms. The molecule has 0 spiro atoms. The van der Waals surface area contributed by atoms with Gasteiger partial charge in [0.05, 0.1) is 11.3 Å². The van der Waals surface area contributed by atoms with E-state index in [1.807, 2.05) is 42.5 Å². The second-order valence-electron chi connectivity index (χ2n) is 5.46. The predicted molar refractivity (Wildman–Crippen MR) is 97.7 cm³/mol. The average Bonchev–Trinajstić information content (AvgIpc) is 3.33. The number of benzene rings is 2. The van der Waals surface area contributed by atoms with Crippen LogP contribution in [-0.4, -0.2) is 30.6 Å². The smallest absolute Gasteiger partial charge is 0.267 e. The lowest BCUT2D eigenvalue weighted by Crippen LogP contribution is -2.23. The van der Waals surface area contributed by atoms with E-state index in [-0.39, 0.29) is 5.91 Å². The molecular weight excluding hydrogens is 352 g/mol. The Morgan fingerprint density at radius 3 is 2.50 bits per heavy atom. The molecule has 26 heavy (non-hydrogen) atoms. The highest BCUT2D eigenvalue weighted by Gasteiger charge is 2.19. The topological polar surface area (TPSA) is 77.6 Å². The van der Waals surface area contributed by atoms with Crippen LogP contribution < -0.4 is 5.43 Å². The van der Waals surface area contributed by atoms with Gasteiger partial charge in [0.2, 0.25) is 0 Å². The Balaban J connectivity index is 1.78. The third-order valence-electron chi connectivity index (χ3n) is 3.73. The number of halogens is 1. The summed E-state index contributed by atoms with van der Waals surface area (Å²) in [6, 6.07) is 16.7. The third kappa shape index (κ3) is 3.20. The van der Waals surface area contributed by atoms with Crippen LogP contribution in [0.4, 0.5) is 0 Å². The Morgan fingerprint density at radius 2 is 1.81 bits per heavy atom. The summed E-state index contributed by atoms with van der Waals surface area (Å²) in [5, 5.41) is 9.10. The summed E-state index contributed by atoms with van der Waals surface area (Å²) >= 11 is 5.97. The monoisotopic (exact) mass is 364 g/mol. The lowest BCUT2D eigenvalue weighted by molar-refractivity contribution is 0.101. The van der Waals surface area contributed by atoms with Crippen molar-refractivity contribution in [1.29, 1.82) is 0 Å². The van der Waals surface area contributed by atoms with Crippen LogP contribution in [0.5, 0.6) is 0 Å². The minimum atomic E-state index is -0.345. The molecule has 128 valence electrons. The summed E-state index contributed by atoms with van der Waals surface area (Å²) in [6.45, 7) is 0. The predicted octanol–water partition coefficient (Wildman–Crippen LogP) is 3.17. The van der Waals surface area contributed by atoms with Crippen molar-refractivity contribution < 1.29 is 4.79 Å². The van der Waals surface area contributed by atoms with E-state index in [1.54, 1.807) is 23.0 Å².